The number of nitro groups is 1. The number of carbonyl (C=O) groups is 2. The number of furan rings is 1. The van der Waals surface area contributed by atoms with Gasteiger partial charge in [-0.05, 0) is 42.2 Å². The van der Waals surface area contributed by atoms with Crippen molar-refractivity contribution in [1.29, 1.82) is 0 Å². The number of hydrogen-bond donors (Lipinski definition) is 3. The Morgan fingerprint density at radius 3 is 2.74 bits per heavy atom. The molecule has 0 aliphatic carbocycles. The Labute approximate surface area is 224 Å². The molecule has 4 aromatic rings. The number of aromatic amines is 1. The zero-order valence-corrected chi connectivity index (χ0v) is 21.8. The van der Waals surface area contributed by atoms with Crippen molar-refractivity contribution < 1.29 is 23.7 Å². The van der Waals surface area contributed by atoms with Crippen LogP contribution in [-0.4, -0.2) is 40.8 Å². The van der Waals surface area contributed by atoms with E-state index in [-0.39, 0.29) is 24.6 Å². The number of nitro benzene ring substituents is 1. The van der Waals surface area contributed by atoms with Gasteiger partial charge in [-0.3, -0.25) is 14.9 Å². The standard InChI is InChI=1S/C28H29N5O6/c1-17(2)16-38-28(35)31-25(12-19-14-29-24-7-5-4-6-22(19)24)27(34)32-30-15-21-10-11-26(39-21)23-13-20(33(36)37)9-8-18(23)3/h4-11,13-15,17,25,29H,12,16H2,1-3H3,(H,31,35)(H,32,34)/b30-15-/t25-/m0/s1. The predicted octanol–water partition coefficient (Wildman–Crippen LogP) is 5.09. The van der Waals surface area contributed by atoms with Crippen LogP contribution in [0.2, 0.25) is 0 Å². The molecule has 2 aromatic carbocycles. The van der Waals surface area contributed by atoms with Gasteiger partial charge in [0.1, 0.15) is 17.6 Å². The van der Waals surface area contributed by atoms with E-state index in [0.717, 1.165) is 22.0 Å². The Kier molecular flexibility index (Phi) is 8.40. The van der Waals surface area contributed by atoms with Gasteiger partial charge in [0.05, 0.1) is 17.7 Å². The van der Waals surface area contributed by atoms with E-state index in [9.17, 15) is 19.7 Å². The normalized spacial score (nSPS) is 12.1. The van der Waals surface area contributed by atoms with Crippen molar-refractivity contribution in [2.24, 2.45) is 11.0 Å². The molecule has 3 N–H and O–H groups in total. The highest BCUT2D eigenvalue weighted by molar-refractivity contribution is 5.89. The van der Waals surface area contributed by atoms with Gasteiger partial charge in [0, 0.05) is 41.2 Å². The van der Waals surface area contributed by atoms with Crippen molar-refractivity contribution >= 4 is 34.8 Å². The number of amides is 2. The summed E-state index contributed by atoms with van der Waals surface area (Å²) >= 11 is 0. The molecule has 2 amide bonds. The van der Waals surface area contributed by atoms with Gasteiger partial charge in [0.2, 0.25) is 0 Å². The molecule has 0 fully saturated rings. The smallest absolute Gasteiger partial charge is 0.407 e. The molecule has 4 rings (SSSR count). The molecule has 2 aromatic heterocycles. The van der Waals surface area contributed by atoms with Crippen molar-refractivity contribution in [3.05, 3.63) is 87.8 Å². The Balaban J connectivity index is 1.46. The number of fused-ring (bicyclic) bond motifs is 1. The van der Waals surface area contributed by atoms with E-state index in [4.69, 9.17) is 9.15 Å². The quantitative estimate of drug-likeness (QED) is 0.147. The first-order valence-corrected chi connectivity index (χ1v) is 12.4. The molecule has 0 unspecified atom stereocenters. The molecule has 2 heterocycles. The highest BCUT2D eigenvalue weighted by Gasteiger charge is 2.23. The van der Waals surface area contributed by atoms with Crippen molar-refractivity contribution in [2.45, 2.75) is 33.2 Å². The lowest BCUT2D eigenvalue weighted by molar-refractivity contribution is -0.384. The lowest BCUT2D eigenvalue weighted by Crippen LogP contribution is -2.47. The first-order chi connectivity index (χ1) is 18.7. The Morgan fingerprint density at radius 2 is 1.97 bits per heavy atom. The lowest BCUT2D eigenvalue weighted by atomic mass is 10.0. The number of benzene rings is 2. The van der Waals surface area contributed by atoms with Crippen LogP contribution in [0.1, 0.15) is 30.7 Å². The van der Waals surface area contributed by atoms with Crippen LogP contribution in [-0.2, 0) is 16.0 Å². The van der Waals surface area contributed by atoms with Crippen molar-refractivity contribution in [1.82, 2.24) is 15.7 Å². The van der Waals surface area contributed by atoms with Crippen LogP contribution in [0, 0.1) is 23.0 Å². The van der Waals surface area contributed by atoms with Gasteiger partial charge >= 0.3 is 6.09 Å². The van der Waals surface area contributed by atoms with Gasteiger partial charge in [-0.2, -0.15) is 5.10 Å². The fourth-order valence-electron chi connectivity index (χ4n) is 3.95. The van der Waals surface area contributed by atoms with Crippen LogP contribution in [0.15, 0.2) is 70.3 Å². The molecule has 11 nitrogen and oxygen atoms in total. The molecule has 0 aliphatic heterocycles. The number of alkyl carbamates (subject to hydrolysis) is 1. The second-order valence-electron chi connectivity index (χ2n) is 9.45. The summed E-state index contributed by atoms with van der Waals surface area (Å²) in [5.41, 5.74) is 5.55. The maximum absolute atomic E-state index is 13.0. The number of hydrazone groups is 1. The second kappa shape index (κ2) is 12.1. The van der Waals surface area contributed by atoms with Crippen molar-refractivity contribution in [3.8, 4) is 11.3 Å². The molecule has 0 aliphatic rings. The number of nitrogens with zero attached hydrogens (tertiary/aromatic N) is 2. The molecular formula is C28H29N5O6. The number of ether oxygens (including phenoxy) is 1. The highest BCUT2D eigenvalue weighted by atomic mass is 16.6. The topological polar surface area (TPSA) is 152 Å². The molecule has 202 valence electrons. The summed E-state index contributed by atoms with van der Waals surface area (Å²) in [6.45, 7) is 5.87. The third kappa shape index (κ3) is 6.89. The van der Waals surface area contributed by atoms with E-state index >= 15 is 0 Å². The minimum atomic E-state index is -0.958. The predicted molar refractivity (Wildman–Crippen MR) is 146 cm³/mol. The molecule has 0 radical (unpaired) electrons. The molecule has 0 bridgehead atoms. The van der Waals surface area contributed by atoms with Gasteiger partial charge in [-0.15, -0.1) is 0 Å². The van der Waals surface area contributed by atoms with Crippen LogP contribution in [0.25, 0.3) is 22.2 Å². The van der Waals surface area contributed by atoms with Crippen LogP contribution < -0.4 is 10.7 Å². The number of rotatable bonds is 10. The summed E-state index contributed by atoms with van der Waals surface area (Å²) in [7, 11) is 0. The number of non-ortho nitro benzene ring substituents is 1. The average Bonchev–Trinajstić information content (AvgIpc) is 3.54. The van der Waals surface area contributed by atoms with E-state index < -0.39 is 23.0 Å². The van der Waals surface area contributed by atoms with Gasteiger partial charge in [-0.25, -0.2) is 10.2 Å². The van der Waals surface area contributed by atoms with E-state index in [1.165, 1.54) is 18.3 Å². The van der Waals surface area contributed by atoms with Crippen LogP contribution in [0.5, 0.6) is 0 Å². The highest BCUT2D eigenvalue weighted by Crippen LogP contribution is 2.29. The lowest BCUT2D eigenvalue weighted by Gasteiger charge is -2.17. The van der Waals surface area contributed by atoms with Gasteiger partial charge < -0.3 is 19.5 Å². The first kappa shape index (κ1) is 27.1. The molecule has 0 saturated carbocycles. The minimum absolute atomic E-state index is 0.0462. The number of aromatic nitrogens is 1. The van der Waals surface area contributed by atoms with E-state index in [2.05, 4.69) is 20.8 Å². The van der Waals surface area contributed by atoms with Crippen LogP contribution in [0.4, 0.5) is 10.5 Å². The van der Waals surface area contributed by atoms with Crippen LogP contribution in [0.3, 0.4) is 0 Å². The summed E-state index contributed by atoms with van der Waals surface area (Å²) < 4.78 is 11.0. The Hall–Kier alpha value is -4.93. The summed E-state index contributed by atoms with van der Waals surface area (Å²) in [4.78, 5) is 39.2. The zero-order chi connectivity index (χ0) is 27.9. The third-order valence-corrected chi connectivity index (χ3v) is 5.95. The Bertz CT molecular complexity index is 1520. The average molecular weight is 532 g/mol. The Morgan fingerprint density at radius 1 is 1.18 bits per heavy atom. The molecule has 11 heteroatoms. The number of nitrogens with one attached hydrogen (secondary N) is 3. The number of hydrogen-bond acceptors (Lipinski definition) is 7. The maximum Gasteiger partial charge on any atom is 0.407 e. The van der Waals surface area contributed by atoms with E-state index in [0.29, 0.717) is 17.1 Å². The molecular weight excluding hydrogens is 502 g/mol. The maximum atomic E-state index is 13.0. The fraction of sp³-hybridized carbons (Fsp3) is 0.250. The SMILES string of the molecule is Cc1ccc([N+](=O)[O-])cc1-c1ccc(/C=N\NC(=O)[C@H](Cc2c[nH]c3ccccc23)NC(=O)OCC(C)C)o1. The van der Waals surface area contributed by atoms with Gasteiger partial charge in [0.25, 0.3) is 11.6 Å². The summed E-state index contributed by atoms with van der Waals surface area (Å²) in [5.74, 6) is 0.356. The fourth-order valence-corrected chi connectivity index (χ4v) is 3.95. The van der Waals surface area contributed by atoms with E-state index in [1.807, 2.05) is 45.0 Å². The van der Waals surface area contributed by atoms with E-state index in [1.54, 1.807) is 24.4 Å². The summed E-state index contributed by atoms with van der Waals surface area (Å²) in [5, 5.41) is 18.7. The number of H-pyrrole nitrogens is 1. The van der Waals surface area contributed by atoms with Crippen molar-refractivity contribution in [3.63, 3.8) is 0 Å². The minimum Gasteiger partial charge on any atom is -0.455 e. The molecule has 0 spiro atoms. The largest absolute Gasteiger partial charge is 0.455 e. The monoisotopic (exact) mass is 531 g/mol. The van der Waals surface area contributed by atoms with Gasteiger partial charge in [-0.1, -0.05) is 38.1 Å². The molecule has 0 saturated heterocycles. The van der Waals surface area contributed by atoms with Crippen LogP contribution >= 0.6 is 0 Å². The third-order valence-electron chi connectivity index (χ3n) is 5.95. The molecule has 1 atom stereocenters. The number of para-hydroxylation sites is 1. The second-order valence-corrected chi connectivity index (χ2v) is 9.45. The molecule has 39 heavy (non-hydrogen) atoms. The zero-order valence-electron chi connectivity index (χ0n) is 21.8. The number of aryl methyl sites for hydroxylation is 1. The van der Waals surface area contributed by atoms with Gasteiger partial charge in [0.15, 0.2) is 0 Å². The summed E-state index contributed by atoms with van der Waals surface area (Å²) in [6, 6.07) is 14.5. The first-order valence-electron chi connectivity index (χ1n) is 12.4. The van der Waals surface area contributed by atoms with Crippen molar-refractivity contribution in [2.75, 3.05) is 6.61 Å². The summed E-state index contributed by atoms with van der Waals surface area (Å²) in [6.07, 6.45) is 2.62. The number of carbonyl (C=O) groups excluding carboxylic acids is 2.